The molecule has 4 nitrogen and oxygen atoms in total. The Labute approximate surface area is 102 Å². The van der Waals surface area contributed by atoms with Gasteiger partial charge in [0.15, 0.2) is 0 Å². The first-order valence-electron chi connectivity index (χ1n) is 5.67. The molecule has 4 heteroatoms. The number of rotatable bonds is 5. The lowest BCUT2D eigenvalue weighted by atomic mass is 9.97. The first-order chi connectivity index (χ1) is 7.95. The zero-order valence-corrected chi connectivity index (χ0v) is 10.6. The zero-order valence-electron chi connectivity index (χ0n) is 10.6. The van der Waals surface area contributed by atoms with Gasteiger partial charge in [0.1, 0.15) is 5.75 Å². The second kappa shape index (κ2) is 5.68. The second-order valence-electron chi connectivity index (χ2n) is 4.44. The monoisotopic (exact) mass is 236 g/mol. The molecule has 0 aliphatic rings. The number of carbonyl (C=O) groups excluding carboxylic acids is 1. The largest absolute Gasteiger partial charge is 0.496 e. The summed E-state index contributed by atoms with van der Waals surface area (Å²) in [5, 5.41) is 0. The van der Waals surface area contributed by atoms with Gasteiger partial charge in [0.05, 0.1) is 13.2 Å². The van der Waals surface area contributed by atoms with Gasteiger partial charge in [-0.15, -0.1) is 0 Å². The maximum Gasteiger partial charge on any atom is 0.234 e. The van der Waals surface area contributed by atoms with Crippen molar-refractivity contribution < 1.29 is 9.53 Å². The van der Waals surface area contributed by atoms with Gasteiger partial charge in [0.2, 0.25) is 5.91 Å². The maximum absolute atomic E-state index is 11.0. The van der Waals surface area contributed by atoms with Gasteiger partial charge in [-0.05, 0) is 23.1 Å². The molecule has 1 atom stereocenters. The topological polar surface area (TPSA) is 78.3 Å². The van der Waals surface area contributed by atoms with Crippen LogP contribution in [0.5, 0.6) is 5.75 Å². The van der Waals surface area contributed by atoms with Crippen LogP contribution in [0.4, 0.5) is 0 Å². The van der Waals surface area contributed by atoms with Crippen LogP contribution in [0.2, 0.25) is 0 Å². The Morgan fingerprint density at radius 3 is 2.53 bits per heavy atom. The van der Waals surface area contributed by atoms with Gasteiger partial charge >= 0.3 is 0 Å². The molecule has 17 heavy (non-hydrogen) atoms. The van der Waals surface area contributed by atoms with E-state index in [1.165, 1.54) is 5.56 Å². The fourth-order valence-electron chi connectivity index (χ4n) is 1.65. The van der Waals surface area contributed by atoms with Crippen molar-refractivity contribution in [1.82, 2.24) is 0 Å². The molecule has 0 aliphatic heterocycles. The summed E-state index contributed by atoms with van der Waals surface area (Å²) < 4.78 is 5.25. The summed E-state index contributed by atoms with van der Waals surface area (Å²) in [4.78, 5) is 11.0. The highest BCUT2D eigenvalue weighted by molar-refractivity contribution is 5.80. The molecular formula is C13H20N2O2. The van der Waals surface area contributed by atoms with Crippen molar-refractivity contribution in [1.29, 1.82) is 0 Å². The molecule has 0 radical (unpaired) electrons. The van der Waals surface area contributed by atoms with Gasteiger partial charge in [0, 0.05) is 6.42 Å². The number of hydrogen-bond acceptors (Lipinski definition) is 3. The average molecular weight is 236 g/mol. The molecule has 0 bridgehead atoms. The SMILES string of the molecule is COc1ccc(C(C)C)cc1CC(N)C(N)=O. The molecule has 94 valence electrons. The van der Waals surface area contributed by atoms with E-state index >= 15 is 0 Å². The number of methoxy groups -OCH3 is 1. The normalized spacial score (nSPS) is 12.5. The Bertz CT molecular complexity index is 402. The van der Waals surface area contributed by atoms with Crippen LogP contribution in [0.25, 0.3) is 0 Å². The molecule has 1 aromatic rings. The average Bonchev–Trinajstić information content (AvgIpc) is 2.28. The van der Waals surface area contributed by atoms with Crippen LogP contribution in [0.1, 0.15) is 30.9 Å². The van der Waals surface area contributed by atoms with Crippen LogP contribution in [0, 0.1) is 0 Å². The molecule has 0 aromatic heterocycles. The van der Waals surface area contributed by atoms with E-state index in [0.717, 1.165) is 11.3 Å². The standard InChI is InChI=1S/C13H20N2O2/c1-8(2)9-4-5-12(17-3)10(6-9)7-11(14)13(15)16/h4-6,8,11H,7,14H2,1-3H3,(H2,15,16). The number of amides is 1. The summed E-state index contributed by atoms with van der Waals surface area (Å²) in [6, 6.07) is 5.26. The van der Waals surface area contributed by atoms with Gasteiger partial charge < -0.3 is 16.2 Å². The van der Waals surface area contributed by atoms with E-state index in [1.807, 2.05) is 18.2 Å². The van der Waals surface area contributed by atoms with Crippen molar-refractivity contribution >= 4 is 5.91 Å². The Morgan fingerprint density at radius 2 is 2.06 bits per heavy atom. The molecule has 0 spiro atoms. The minimum Gasteiger partial charge on any atom is -0.496 e. The van der Waals surface area contributed by atoms with E-state index in [-0.39, 0.29) is 0 Å². The van der Waals surface area contributed by atoms with E-state index in [4.69, 9.17) is 16.2 Å². The second-order valence-corrected chi connectivity index (χ2v) is 4.44. The number of primary amides is 1. The maximum atomic E-state index is 11.0. The Morgan fingerprint density at radius 1 is 1.41 bits per heavy atom. The first kappa shape index (κ1) is 13.5. The van der Waals surface area contributed by atoms with E-state index in [1.54, 1.807) is 7.11 Å². The van der Waals surface area contributed by atoms with E-state index in [9.17, 15) is 4.79 Å². The fourth-order valence-corrected chi connectivity index (χ4v) is 1.65. The van der Waals surface area contributed by atoms with Crippen molar-refractivity contribution in [2.75, 3.05) is 7.11 Å². The van der Waals surface area contributed by atoms with Gasteiger partial charge in [-0.3, -0.25) is 4.79 Å². The van der Waals surface area contributed by atoms with Crippen molar-refractivity contribution in [2.24, 2.45) is 11.5 Å². The van der Waals surface area contributed by atoms with Crippen LogP contribution in [0.3, 0.4) is 0 Å². The van der Waals surface area contributed by atoms with E-state index < -0.39 is 11.9 Å². The van der Waals surface area contributed by atoms with Crippen LogP contribution in [-0.4, -0.2) is 19.1 Å². The summed E-state index contributed by atoms with van der Waals surface area (Å²) in [5.74, 6) is 0.664. The summed E-state index contributed by atoms with van der Waals surface area (Å²) in [5.41, 5.74) is 13.0. The third-order valence-corrected chi connectivity index (χ3v) is 2.78. The van der Waals surface area contributed by atoms with E-state index in [2.05, 4.69) is 13.8 Å². The molecule has 0 saturated carbocycles. The third-order valence-electron chi connectivity index (χ3n) is 2.78. The Balaban J connectivity index is 3.01. The molecule has 1 amide bonds. The van der Waals surface area contributed by atoms with E-state index in [0.29, 0.717) is 12.3 Å². The number of benzene rings is 1. The van der Waals surface area contributed by atoms with Crippen molar-refractivity contribution in [3.05, 3.63) is 29.3 Å². The van der Waals surface area contributed by atoms with Crippen molar-refractivity contribution in [2.45, 2.75) is 32.2 Å². The van der Waals surface area contributed by atoms with Gasteiger partial charge in [0.25, 0.3) is 0 Å². The molecule has 0 fully saturated rings. The zero-order chi connectivity index (χ0) is 13.0. The molecule has 4 N–H and O–H groups in total. The van der Waals surface area contributed by atoms with Gasteiger partial charge in [-0.2, -0.15) is 0 Å². The lowest BCUT2D eigenvalue weighted by Gasteiger charge is -2.14. The highest BCUT2D eigenvalue weighted by Crippen LogP contribution is 2.25. The minimum atomic E-state index is -0.675. The molecular weight excluding hydrogens is 216 g/mol. The van der Waals surface area contributed by atoms with Crippen molar-refractivity contribution in [3.63, 3.8) is 0 Å². The quantitative estimate of drug-likeness (QED) is 0.805. The lowest BCUT2D eigenvalue weighted by molar-refractivity contribution is -0.119. The summed E-state index contributed by atoms with van der Waals surface area (Å²) in [6.45, 7) is 4.22. The van der Waals surface area contributed by atoms with Crippen molar-refractivity contribution in [3.8, 4) is 5.75 Å². The predicted molar refractivity (Wildman–Crippen MR) is 68.0 cm³/mol. The third kappa shape index (κ3) is 3.46. The first-order valence-corrected chi connectivity index (χ1v) is 5.67. The number of hydrogen-bond donors (Lipinski definition) is 2. The van der Waals surface area contributed by atoms with Crippen LogP contribution in [0.15, 0.2) is 18.2 Å². The summed E-state index contributed by atoms with van der Waals surface area (Å²) >= 11 is 0. The summed E-state index contributed by atoms with van der Waals surface area (Å²) in [6.07, 6.45) is 0.402. The number of carbonyl (C=O) groups is 1. The summed E-state index contributed by atoms with van der Waals surface area (Å²) in [7, 11) is 1.60. The smallest absolute Gasteiger partial charge is 0.234 e. The Kier molecular flexibility index (Phi) is 4.52. The van der Waals surface area contributed by atoms with Crippen LogP contribution < -0.4 is 16.2 Å². The lowest BCUT2D eigenvalue weighted by Crippen LogP contribution is -2.38. The number of ether oxygens (including phenoxy) is 1. The van der Waals surface area contributed by atoms with Crippen LogP contribution in [-0.2, 0) is 11.2 Å². The molecule has 1 unspecified atom stereocenters. The molecule has 0 aliphatic carbocycles. The fraction of sp³-hybridized carbons (Fsp3) is 0.462. The molecule has 1 rings (SSSR count). The number of nitrogens with two attached hydrogens (primary N) is 2. The van der Waals surface area contributed by atoms with Crippen LogP contribution >= 0.6 is 0 Å². The molecule has 0 heterocycles. The minimum absolute atomic E-state index is 0.402. The highest BCUT2D eigenvalue weighted by Gasteiger charge is 2.14. The molecule has 0 saturated heterocycles. The van der Waals surface area contributed by atoms with Gasteiger partial charge in [-0.25, -0.2) is 0 Å². The molecule has 1 aromatic carbocycles. The van der Waals surface area contributed by atoms with Gasteiger partial charge in [-0.1, -0.05) is 26.0 Å². The Hall–Kier alpha value is -1.55. The predicted octanol–water partition coefficient (Wildman–Crippen LogP) is 1.17. The highest BCUT2D eigenvalue weighted by atomic mass is 16.5.